The van der Waals surface area contributed by atoms with Gasteiger partial charge in [0.25, 0.3) is 0 Å². The van der Waals surface area contributed by atoms with Crippen LogP contribution in [0.5, 0.6) is 0 Å². The lowest BCUT2D eigenvalue weighted by Gasteiger charge is -2.18. The fourth-order valence-electron chi connectivity index (χ4n) is 2.10. The SMILES string of the molecule is COC(=O)C(NS(=O)(=O)c1cc(F)ccc1C)c1ccccc1. The zero-order chi connectivity index (χ0) is 17.0. The maximum Gasteiger partial charge on any atom is 0.328 e. The molecule has 0 saturated heterocycles. The summed E-state index contributed by atoms with van der Waals surface area (Å²) in [7, 11) is -2.94. The standard InChI is InChI=1S/C16H16FNO4S/c1-11-8-9-13(17)10-14(11)23(20,21)18-15(16(19)22-2)12-6-4-3-5-7-12/h3-10,15,18H,1-2H3. The van der Waals surface area contributed by atoms with Crippen LogP contribution in [0, 0.1) is 12.7 Å². The van der Waals surface area contributed by atoms with Crippen LogP contribution in [0.2, 0.25) is 0 Å². The molecule has 0 fully saturated rings. The lowest BCUT2D eigenvalue weighted by Crippen LogP contribution is -2.34. The van der Waals surface area contributed by atoms with E-state index in [0.717, 1.165) is 6.07 Å². The molecular weight excluding hydrogens is 321 g/mol. The fraction of sp³-hybridized carbons (Fsp3) is 0.188. The zero-order valence-corrected chi connectivity index (χ0v) is 13.4. The third kappa shape index (κ3) is 3.94. The van der Waals surface area contributed by atoms with Crippen molar-refractivity contribution in [3.8, 4) is 0 Å². The van der Waals surface area contributed by atoms with Crippen LogP contribution in [0.15, 0.2) is 53.4 Å². The number of methoxy groups -OCH3 is 1. The minimum atomic E-state index is -4.11. The highest BCUT2D eigenvalue weighted by Gasteiger charge is 2.29. The summed E-state index contributed by atoms with van der Waals surface area (Å²) in [5.41, 5.74) is 0.799. The molecule has 5 nitrogen and oxygen atoms in total. The molecule has 1 atom stereocenters. The van der Waals surface area contributed by atoms with Gasteiger partial charge in [0, 0.05) is 0 Å². The molecule has 0 saturated carbocycles. The van der Waals surface area contributed by atoms with E-state index in [2.05, 4.69) is 9.46 Å². The van der Waals surface area contributed by atoms with Crippen LogP contribution in [-0.4, -0.2) is 21.5 Å². The van der Waals surface area contributed by atoms with Crippen LogP contribution in [0.1, 0.15) is 17.2 Å². The van der Waals surface area contributed by atoms with Gasteiger partial charge in [0.05, 0.1) is 12.0 Å². The number of hydrogen-bond acceptors (Lipinski definition) is 4. The first-order valence-corrected chi connectivity index (χ1v) is 8.24. The van der Waals surface area contributed by atoms with Gasteiger partial charge in [-0.05, 0) is 30.2 Å². The molecule has 122 valence electrons. The van der Waals surface area contributed by atoms with E-state index in [1.165, 1.54) is 19.2 Å². The second-order valence-corrected chi connectivity index (χ2v) is 6.58. The molecule has 0 amide bonds. The van der Waals surface area contributed by atoms with E-state index in [-0.39, 0.29) is 4.90 Å². The molecule has 23 heavy (non-hydrogen) atoms. The number of carbonyl (C=O) groups excluding carboxylic acids is 1. The molecule has 2 aromatic carbocycles. The summed E-state index contributed by atoms with van der Waals surface area (Å²) in [5, 5.41) is 0. The number of benzene rings is 2. The lowest BCUT2D eigenvalue weighted by atomic mass is 10.1. The number of nitrogens with one attached hydrogen (secondary N) is 1. The van der Waals surface area contributed by atoms with Crippen molar-refractivity contribution in [3.05, 3.63) is 65.5 Å². The van der Waals surface area contributed by atoms with Crippen molar-refractivity contribution in [1.82, 2.24) is 4.72 Å². The number of rotatable bonds is 5. The van der Waals surface area contributed by atoms with Gasteiger partial charge in [0.1, 0.15) is 11.9 Å². The molecule has 2 aromatic rings. The van der Waals surface area contributed by atoms with Gasteiger partial charge in [-0.1, -0.05) is 36.4 Å². The van der Waals surface area contributed by atoms with E-state index < -0.39 is 27.9 Å². The first-order valence-electron chi connectivity index (χ1n) is 6.76. The van der Waals surface area contributed by atoms with E-state index in [1.807, 2.05) is 0 Å². The number of sulfonamides is 1. The highest BCUT2D eigenvalue weighted by atomic mass is 32.2. The Kier molecular flexibility index (Phi) is 5.12. The third-order valence-corrected chi connectivity index (χ3v) is 4.85. The van der Waals surface area contributed by atoms with Gasteiger partial charge in [0.2, 0.25) is 10.0 Å². The Morgan fingerprint density at radius 1 is 1.17 bits per heavy atom. The molecule has 7 heteroatoms. The molecule has 0 heterocycles. The molecule has 1 N–H and O–H groups in total. The summed E-state index contributed by atoms with van der Waals surface area (Å²) in [4.78, 5) is 11.7. The zero-order valence-electron chi connectivity index (χ0n) is 12.6. The molecule has 0 aliphatic rings. The van der Waals surface area contributed by atoms with Crippen molar-refractivity contribution in [2.75, 3.05) is 7.11 Å². The highest BCUT2D eigenvalue weighted by molar-refractivity contribution is 7.89. The van der Waals surface area contributed by atoms with Gasteiger partial charge in [-0.25, -0.2) is 17.6 Å². The molecule has 0 aromatic heterocycles. The average molecular weight is 337 g/mol. The van der Waals surface area contributed by atoms with Crippen LogP contribution in [0.4, 0.5) is 4.39 Å². The molecule has 0 spiro atoms. The third-order valence-electron chi connectivity index (χ3n) is 3.28. The molecule has 0 radical (unpaired) electrons. The number of ether oxygens (including phenoxy) is 1. The smallest absolute Gasteiger partial charge is 0.328 e. The summed E-state index contributed by atoms with van der Waals surface area (Å²) < 4.78 is 45.4. The van der Waals surface area contributed by atoms with Crippen molar-refractivity contribution in [2.45, 2.75) is 17.9 Å². The van der Waals surface area contributed by atoms with Crippen LogP contribution >= 0.6 is 0 Å². The van der Waals surface area contributed by atoms with Crippen LogP contribution in [0.3, 0.4) is 0 Å². The number of hydrogen-bond donors (Lipinski definition) is 1. The van der Waals surface area contributed by atoms with Crippen molar-refractivity contribution < 1.29 is 22.3 Å². The summed E-state index contributed by atoms with van der Waals surface area (Å²) in [6.07, 6.45) is 0. The second-order valence-electron chi connectivity index (χ2n) is 4.90. The van der Waals surface area contributed by atoms with E-state index in [1.54, 1.807) is 37.3 Å². The minimum Gasteiger partial charge on any atom is -0.468 e. The summed E-state index contributed by atoms with van der Waals surface area (Å²) in [5.74, 6) is -1.43. The highest BCUT2D eigenvalue weighted by Crippen LogP contribution is 2.21. The molecular formula is C16H16FNO4S. The van der Waals surface area contributed by atoms with Crippen LogP contribution in [-0.2, 0) is 19.6 Å². The van der Waals surface area contributed by atoms with Crippen LogP contribution in [0.25, 0.3) is 0 Å². The maximum absolute atomic E-state index is 13.4. The number of aryl methyl sites for hydroxylation is 1. The Labute approximate surface area is 134 Å². The molecule has 1 unspecified atom stereocenters. The monoisotopic (exact) mass is 337 g/mol. The van der Waals surface area contributed by atoms with Gasteiger partial charge in [0.15, 0.2) is 0 Å². The van der Waals surface area contributed by atoms with E-state index >= 15 is 0 Å². The average Bonchev–Trinajstić information content (AvgIpc) is 2.55. The van der Waals surface area contributed by atoms with Crippen molar-refractivity contribution in [1.29, 1.82) is 0 Å². The lowest BCUT2D eigenvalue weighted by molar-refractivity contribution is -0.142. The van der Waals surface area contributed by atoms with E-state index in [4.69, 9.17) is 0 Å². The summed E-state index contributed by atoms with van der Waals surface area (Å²) in [6, 6.07) is 10.5. The minimum absolute atomic E-state index is 0.220. The van der Waals surface area contributed by atoms with Crippen molar-refractivity contribution in [2.24, 2.45) is 0 Å². The largest absolute Gasteiger partial charge is 0.468 e. The predicted molar refractivity (Wildman–Crippen MR) is 82.7 cm³/mol. The van der Waals surface area contributed by atoms with Gasteiger partial charge in [-0.2, -0.15) is 4.72 Å². The number of carbonyl (C=O) groups is 1. The molecule has 0 aliphatic carbocycles. The van der Waals surface area contributed by atoms with Gasteiger partial charge in [-0.3, -0.25) is 0 Å². The summed E-state index contributed by atoms with van der Waals surface area (Å²) >= 11 is 0. The Morgan fingerprint density at radius 2 is 1.83 bits per heavy atom. The maximum atomic E-state index is 13.4. The van der Waals surface area contributed by atoms with Crippen LogP contribution < -0.4 is 4.72 Å². The molecule has 2 rings (SSSR count). The topological polar surface area (TPSA) is 72.5 Å². The van der Waals surface area contributed by atoms with Gasteiger partial charge >= 0.3 is 5.97 Å². The first-order chi connectivity index (χ1) is 10.8. The molecule has 0 aliphatic heterocycles. The predicted octanol–water partition coefficient (Wildman–Crippen LogP) is 2.33. The molecule has 0 bridgehead atoms. The normalized spacial score (nSPS) is 12.7. The quantitative estimate of drug-likeness (QED) is 0.850. The van der Waals surface area contributed by atoms with Crippen molar-refractivity contribution >= 4 is 16.0 Å². The Balaban J connectivity index is 2.43. The number of esters is 1. The first kappa shape index (κ1) is 17.1. The summed E-state index contributed by atoms with van der Waals surface area (Å²) in [6.45, 7) is 1.55. The van der Waals surface area contributed by atoms with Crippen molar-refractivity contribution in [3.63, 3.8) is 0 Å². The second kappa shape index (κ2) is 6.89. The van der Waals surface area contributed by atoms with Gasteiger partial charge in [-0.15, -0.1) is 0 Å². The Morgan fingerprint density at radius 3 is 2.43 bits per heavy atom. The van der Waals surface area contributed by atoms with E-state index in [9.17, 15) is 17.6 Å². The fourth-order valence-corrected chi connectivity index (χ4v) is 3.53. The number of halogens is 1. The Bertz CT molecular complexity index is 806. The Hall–Kier alpha value is -2.25. The van der Waals surface area contributed by atoms with E-state index in [0.29, 0.717) is 11.1 Å². The van der Waals surface area contributed by atoms with Gasteiger partial charge < -0.3 is 4.74 Å².